The van der Waals surface area contributed by atoms with Crippen LogP contribution in [0.5, 0.6) is 0 Å². The first-order valence-corrected chi connectivity index (χ1v) is 2.70. The molecule has 0 saturated carbocycles. The second kappa shape index (κ2) is 1.66. The Morgan fingerprint density at radius 3 is 3.30 bits per heavy atom. The van der Waals surface area contributed by atoms with Gasteiger partial charge in [-0.1, -0.05) is 0 Å². The van der Waals surface area contributed by atoms with E-state index in [9.17, 15) is 0 Å². The highest BCUT2D eigenvalue weighted by Crippen LogP contribution is 2.04. The molecule has 0 aliphatic carbocycles. The summed E-state index contributed by atoms with van der Waals surface area (Å²) in [6.45, 7) is 0. The fourth-order valence-electron chi connectivity index (χ4n) is 0.718. The second-order valence-corrected chi connectivity index (χ2v) is 1.83. The number of nitrogen functional groups attached to an aromatic ring is 1. The number of anilines is 1. The molecule has 0 amide bonds. The highest BCUT2D eigenvalue weighted by molar-refractivity contribution is 5.61. The van der Waals surface area contributed by atoms with Gasteiger partial charge in [-0.05, 0) is 6.07 Å². The molecule has 0 aliphatic heterocycles. The van der Waals surface area contributed by atoms with E-state index >= 15 is 0 Å². The van der Waals surface area contributed by atoms with Crippen molar-refractivity contribution in [2.24, 2.45) is 0 Å². The minimum atomic E-state index is 0.535. The van der Waals surface area contributed by atoms with Crippen molar-refractivity contribution in [2.45, 2.75) is 0 Å². The van der Waals surface area contributed by atoms with E-state index in [1.165, 1.54) is 10.8 Å². The monoisotopic (exact) mass is 134 g/mol. The number of nitrogens with two attached hydrogens (primary N) is 1. The number of rotatable bonds is 0. The van der Waals surface area contributed by atoms with Crippen molar-refractivity contribution in [3.8, 4) is 0 Å². The van der Waals surface area contributed by atoms with Gasteiger partial charge in [-0.3, -0.25) is 0 Å². The highest BCUT2D eigenvalue weighted by Gasteiger charge is 1.97. The molecule has 10 heavy (non-hydrogen) atoms. The summed E-state index contributed by atoms with van der Waals surface area (Å²) in [5.41, 5.74) is 6.61. The number of fused-ring (bicyclic) bond motifs is 1. The molecule has 2 heterocycles. The van der Waals surface area contributed by atoms with Crippen LogP contribution in [0.1, 0.15) is 0 Å². The third kappa shape index (κ3) is 0.540. The standard InChI is InChI=1S/C5H4N5/c6-4-1-2-8-10-3-7-9-5(4)10/h1,3H,6H2. The van der Waals surface area contributed by atoms with Crippen LogP contribution in [-0.4, -0.2) is 19.8 Å². The first kappa shape index (κ1) is 5.16. The van der Waals surface area contributed by atoms with E-state index < -0.39 is 0 Å². The Kier molecular flexibility index (Phi) is 0.858. The molecule has 0 unspecified atom stereocenters. The minimum Gasteiger partial charge on any atom is -0.396 e. The SMILES string of the molecule is Nc1c[c]nn2cnnc12. The molecule has 0 bridgehead atoms. The molecule has 49 valence electrons. The maximum atomic E-state index is 5.51. The fraction of sp³-hybridized carbons (Fsp3) is 0. The number of hydrogen-bond acceptors (Lipinski definition) is 4. The van der Waals surface area contributed by atoms with Gasteiger partial charge in [-0.15, -0.1) is 10.2 Å². The summed E-state index contributed by atoms with van der Waals surface area (Å²) < 4.78 is 1.47. The molecule has 5 nitrogen and oxygen atoms in total. The average molecular weight is 134 g/mol. The van der Waals surface area contributed by atoms with Gasteiger partial charge in [-0.25, -0.2) is 0 Å². The van der Waals surface area contributed by atoms with Crippen LogP contribution in [0.15, 0.2) is 12.4 Å². The zero-order valence-electron chi connectivity index (χ0n) is 5.02. The van der Waals surface area contributed by atoms with Crippen molar-refractivity contribution < 1.29 is 0 Å². The average Bonchev–Trinajstić information content (AvgIpc) is 2.36. The smallest absolute Gasteiger partial charge is 0.200 e. The zero-order chi connectivity index (χ0) is 6.97. The number of hydrogen-bond donors (Lipinski definition) is 1. The Morgan fingerprint density at radius 1 is 1.60 bits per heavy atom. The molecule has 0 fully saturated rings. The molecular weight excluding hydrogens is 130 g/mol. The second-order valence-electron chi connectivity index (χ2n) is 1.83. The molecule has 2 rings (SSSR count). The zero-order valence-corrected chi connectivity index (χ0v) is 5.02. The fourth-order valence-corrected chi connectivity index (χ4v) is 0.718. The highest BCUT2D eigenvalue weighted by atomic mass is 15.3. The van der Waals surface area contributed by atoms with Crippen LogP contribution in [0.2, 0.25) is 0 Å². The minimum absolute atomic E-state index is 0.535. The van der Waals surface area contributed by atoms with Gasteiger partial charge in [0.25, 0.3) is 0 Å². The molecule has 5 heteroatoms. The molecule has 2 aromatic rings. The van der Waals surface area contributed by atoms with E-state index in [0.717, 1.165) is 0 Å². The van der Waals surface area contributed by atoms with Crippen molar-refractivity contribution in [1.29, 1.82) is 0 Å². The van der Waals surface area contributed by atoms with E-state index in [2.05, 4.69) is 21.5 Å². The van der Waals surface area contributed by atoms with E-state index in [-0.39, 0.29) is 0 Å². The van der Waals surface area contributed by atoms with E-state index in [1.807, 2.05) is 0 Å². The maximum absolute atomic E-state index is 5.51. The summed E-state index contributed by atoms with van der Waals surface area (Å²) >= 11 is 0. The van der Waals surface area contributed by atoms with Crippen LogP contribution < -0.4 is 5.73 Å². The number of nitrogens with zero attached hydrogens (tertiary/aromatic N) is 4. The van der Waals surface area contributed by atoms with Gasteiger partial charge in [-0.2, -0.15) is 9.61 Å². The first-order valence-electron chi connectivity index (χ1n) is 2.70. The molecule has 0 aliphatic rings. The summed E-state index contributed by atoms with van der Waals surface area (Å²) in [5.74, 6) is 0. The molecule has 2 aromatic heterocycles. The van der Waals surface area contributed by atoms with Crippen molar-refractivity contribution in [3.63, 3.8) is 0 Å². The van der Waals surface area contributed by atoms with E-state index in [0.29, 0.717) is 11.3 Å². The largest absolute Gasteiger partial charge is 0.396 e. The summed E-state index contributed by atoms with van der Waals surface area (Å²) in [4.78, 5) is 0. The lowest BCUT2D eigenvalue weighted by atomic mass is 10.5. The van der Waals surface area contributed by atoms with Gasteiger partial charge < -0.3 is 5.73 Å². The maximum Gasteiger partial charge on any atom is 0.200 e. The first-order chi connectivity index (χ1) is 4.88. The molecule has 0 spiro atoms. The topological polar surface area (TPSA) is 69.1 Å². The lowest BCUT2D eigenvalue weighted by Gasteiger charge is -1.90. The van der Waals surface area contributed by atoms with Crippen LogP contribution >= 0.6 is 0 Å². The molecule has 2 N–H and O–H groups in total. The number of aromatic nitrogens is 4. The quantitative estimate of drug-likeness (QED) is 0.527. The van der Waals surface area contributed by atoms with Gasteiger partial charge in [0.2, 0.25) is 0 Å². The Hall–Kier alpha value is -1.65. The van der Waals surface area contributed by atoms with Gasteiger partial charge in [0, 0.05) is 0 Å². The van der Waals surface area contributed by atoms with Gasteiger partial charge >= 0.3 is 0 Å². The Bertz CT molecular complexity index is 352. The third-order valence-corrected chi connectivity index (χ3v) is 1.17. The molecule has 0 aromatic carbocycles. The predicted octanol–water partition coefficient (Wildman–Crippen LogP) is -0.493. The van der Waals surface area contributed by atoms with Crippen molar-refractivity contribution in [2.75, 3.05) is 5.73 Å². The summed E-state index contributed by atoms with van der Waals surface area (Å²) in [7, 11) is 0. The van der Waals surface area contributed by atoms with Crippen LogP contribution in [0.4, 0.5) is 5.69 Å². The summed E-state index contributed by atoms with van der Waals surface area (Å²) in [6.07, 6.45) is 4.07. The Morgan fingerprint density at radius 2 is 2.50 bits per heavy atom. The van der Waals surface area contributed by atoms with Gasteiger partial charge in [0.05, 0.1) is 5.69 Å². The summed E-state index contributed by atoms with van der Waals surface area (Å²) in [6, 6.07) is 1.56. The predicted molar refractivity (Wildman–Crippen MR) is 34.0 cm³/mol. The van der Waals surface area contributed by atoms with Gasteiger partial charge in [0.15, 0.2) is 5.65 Å². The Labute approximate surface area is 56.5 Å². The summed E-state index contributed by atoms with van der Waals surface area (Å²) in [5, 5.41) is 11.1. The Balaban J connectivity index is 2.95. The van der Waals surface area contributed by atoms with Gasteiger partial charge in [0.1, 0.15) is 12.5 Å². The van der Waals surface area contributed by atoms with Crippen LogP contribution in [0.25, 0.3) is 5.65 Å². The van der Waals surface area contributed by atoms with E-state index in [4.69, 9.17) is 5.73 Å². The molecule has 1 radical (unpaired) electrons. The van der Waals surface area contributed by atoms with Crippen LogP contribution in [0.3, 0.4) is 0 Å². The molecular formula is C5H4N5. The van der Waals surface area contributed by atoms with E-state index in [1.54, 1.807) is 6.07 Å². The lowest BCUT2D eigenvalue weighted by Crippen LogP contribution is -1.94. The van der Waals surface area contributed by atoms with Crippen LogP contribution in [0, 0.1) is 6.20 Å². The molecule has 0 saturated heterocycles. The normalized spacial score (nSPS) is 10.4. The van der Waals surface area contributed by atoms with Crippen molar-refractivity contribution >= 4 is 11.3 Å². The van der Waals surface area contributed by atoms with Crippen molar-refractivity contribution in [3.05, 3.63) is 18.6 Å². The third-order valence-electron chi connectivity index (χ3n) is 1.17. The van der Waals surface area contributed by atoms with Crippen molar-refractivity contribution in [1.82, 2.24) is 19.8 Å². The molecule has 0 atom stereocenters. The lowest BCUT2D eigenvalue weighted by molar-refractivity contribution is 0.922. The van der Waals surface area contributed by atoms with Crippen LogP contribution in [-0.2, 0) is 0 Å².